The molecule has 0 aliphatic carbocycles. The van der Waals surface area contributed by atoms with Crippen molar-refractivity contribution >= 4 is 28.0 Å². The molecule has 0 atom stereocenters. The topological polar surface area (TPSA) is 61.4 Å². The summed E-state index contributed by atoms with van der Waals surface area (Å²) in [5.74, 6) is -0.618. The van der Waals surface area contributed by atoms with E-state index in [9.17, 15) is 9.59 Å². The van der Waals surface area contributed by atoms with E-state index in [1.54, 1.807) is 19.2 Å². The molecule has 0 radical (unpaired) electrons. The van der Waals surface area contributed by atoms with Gasteiger partial charge in [0.1, 0.15) is 11.1 Å². The van der Waals surface area contributed by atoms with Crippen LogP contribution in [0.15, 0.2) is 39.7 Å². The Kier molecular flexibility index (Phi) is 3.25. The largest absolute Gasteiger partial charge is 0.462 e. The number of carbonyl (C=O) groups excluding carboxylic acids is 1. The summed E-state index contributed by atoms with van der Waals surface area (Å²) in [6.45, 7) is 4.49. The minimum atomic E-state index is -0.618. The van der Waals surface area contributed by atoms with E-state index in [1.165, 1.54) is 0 Å². The Morgan fingerprint density at radius 3 is 2.76 bits per heavy atom. The Balaban J connectivity index is 2.41. The summed E-state index contributed by atoms with van der Waals surface area (Å²) in [6.07, 6.45) is 1.55. The molecule has 108 valence electrons. The van der Waals surface area contributed by atoms with Crippen LogP contribution in [0.2, 0.25) is 0 Å². The number of benzene rings is 1. The van der Waals surface area contributed by atoms with Crippen molar-refractivity contribution in [2.75, 3.05) is 6.61 Å². The van der Waals surface area contributed by atoms with Gasteiger partial charge in [-0.1, -0.05) is 12.1 Å². The molecule has 0 N–H and O–H groups in total. The van der Waals surface area contributed by atoms with Crippen molar-refractivity contribution in [1.82, 2.24) is 4.57 Å². The van der Waals surface area contributed by atoms with Crippen molar-refractivity contribution in [3.05, 3.63) is 46.2 Å². The number of carbonyl (C=O) groups is 1. The monoisotopic (exact) mass is 285 g/mol. The van der Waals surface area contributed by atoms with Gasteiger partial charge in [-0.3, -0.25) is 4.79 Å². The normalized spacial score (nSPS) is 11.1. The number of nitrogens with zero attached hydrogens (tertiary/aromatic N) is 1. The highest BCUT2D eigenvalue weighted by Crippen LogP contribution is 2.26. The minimum Gasteiger partial charge on any atom is -0.462 e. The van der Waals surface area contributed by atoms with Gasteiger partial charge >= 0.3 is 5.97 Å². The predicted molar refractivity (Wildman–Crippen MR) is 79.6 cm³/mol. The molecular formula is C16H15NO4. The summed E-state index contributed by atoms with van der Waals surface area (Å²) in [6, 6.07) is 7.44. The van der Waals surface area contributed by atoms with Gasteiger partial charge in [0.2, 0.25) is 5.43 Å². The molecule has 0 spiro atoms. The summed E-state index contributed by atoms with van der Waals surface area (Å²) >= 11 is 0. The first kappa shape index (κ1) is 13.4. The lowest BCUT2D eigenvalue weighted by Gasteiger charge is -2.08. The molecule has 0 fully saturated rings. The average Bonchev–Trinajstić information content (AvgIpc) is 2.88. The van der Waals surface area contributed by atoms with Crippen LogP contribution >= 0.6 is 0 Å². The molecule has 1 aromatic carbocycles. The second-order valence-electron chi connectivity index (χ2n) is 4.65. The highest BCUT2D eigenvalue weighted by molar-refractivity contribution is 6.04. The molecule has 3 aromatic rings. The lowest BCUT2D eigenvalue weighted by molar-refractivity contribution is 0.0524. The maximum absolute atomic E-state index is 12.5. The Hall–Kier alpha value is -2.56. The van der Waals surface area contributed by atoms with E-state index in [-0.39, 0.29) is 17.8 Å². The molecule has 3 rings (SSSR count). The Morgan fingerprint density at radius 2 is 2.05 bits per heavy atom. The Labute approximate surface area is 120 Å². The maximum Gasteiger partial charge on any atom is 0.343 e. The van der Waals surface area contributed by atoms with E-state index in [0.29, 0.717) is 17.6 Å². The number of furan rings is 1. The second-order valence-corrected chi connectivity index (χ2v) is 4.65. The molecule has 0 saturated carbocycles. The number of hydrogen-bond acceptors (Lipinski definition) is 4. The molecule has 0 unspecified atom stereocenters. The Bertz CT molecular complexity index is 888. The van der Waals surface area contributed by atoms with Gasteiger partial charge in [-0.25, -0.2) is 4.79 Å². The van der Waals surface area contributed by atoms with Gasteiger partial charge < -0.3 is 13.7 Å². The lowest BCUT2D eigenvalue weighted by Crippen LogP contribution is -2.20. The average molecular weight is 285 g/mol. The molecule has 21 heavy (non-hydrogen) atoms. The highest BCUT2D eigenvalue weighted by atomic mass is 16.5. The zero-order chi connectivity index (χ0) is 15.0. The molecule has 0 saturated heterocycles. The smallest absolute Gasteiger partial charge is 0.343 e. The summed E-state index contributed by atoms with van der Waals surface area (Å²) in [4.78, 5) is 24.4. The quantitative estimate of drug-likeness (QED) is 0.694. The number of esters is 1. The molecule has 0 aliphatic rings. The molecule has 5 nitrogen and oxygen atoms in total. The number of rotatable bonds is 3. The van der Waals surface area contributed by atoms with Gasteiger partial charge in [-0.2, -0.15) is 0 Å². The van der Waals surface area contributed by atoms with Crippen LogP contribution in [0.5, 0.6) is 0 Å². The zero-order valence-corrected chi connectivity index (χ0v) is 11.9. The van der Waals surface area contributed by atoms with Gasteiger partial charge in [0.15, 0.2) is 5.58 Å². The van der Waals surface area contributed by atoms with Crippen LogP contribution in [0.1, 0.15) is 24.2 Å². The molecule has 0 amide bonds. The third-order valence-electron chi connectivity index (χ3n) is 3.43. The van der Waals surface area contributed by atoms with Crippen LogP contribution in [0.4, 0.5) is 0 Å². The van der Waals surface area contributed by atoms with Crippen molar-refractivity contribution in [3.63, 3.8) is 0 Å². The summed E-state index contributed by atoms with van der Waals surface area (Å²) < 4.78 is 12.4. The maximum atomic E-state index is 12.5. The van der Waals surface area contributed by atoms with Crippen LogP contribution < -0.4 is 5.43 Å². The fourth-order valence-electron chi connectivity index (χ4n) is 2.48. The van der Waals surface area contributed by atoms with E-state index in [1.807, 2.05) is 29.7 Å². The summed E-state index contributed by atoms with van der Waals surface area (Å²) in [5, 5.41) is 0.863. The van der Waals surface area contributed by atoms with Gasteiger partial charge in [0, 0.05) is 18.1 Å². The van der Waals surface area contributed by atoms with E-state index >= 15 is 0 Å². The summed E-state index contributed by atoms with van der Waals surface area (Å²) in [7, 11) is 0. The number of pyridine rings is 1. The first-order valence-electron chi connectivity index (χ1n) is 6.89. The van der Waals surface area contributed by atoms with Crippen molar-refractivity contribution in [2.45, 2.75) is 20.4 Å². The van der Waals surface area contributed by atoms with Crippen molar-refractivity contribution in [2.24, 2.45) is 0 Å². The van der Waals surface area contributed by atoms with E-state index in [0.717, 1.165) is 5.39 Å². The van der Waals surface area contributed by atoms with Gasteiger partial charge in [-0.15, -0.1) is 0 Å². The lowest BCUT2D eigenvalue weighted by atomic mass is 10.2. The standard InChI is InChI=1S/C16H15NO4/c1-3-17-9-11(16(19)20-4-2)14(18)15-13(17)10-7-5-6-8-12(10)21-15/h5-9H,3-4H2,1-2H3. The van der Waals surface area contributed by atoms with Crippen molar-refractivity contribution < 1.29 is 13.9 Å². The number of aromatic nitrogens is 1. The summed E-state index contributed by atoms with van der Waals surface area (Å²) in [5.41, 5.74) is 1.12. The van der Waals surface area contributed by atoms with Gasteiger partial charge in [-0.05, 0) is 26.0 Å². The van der Waals surface area contributed by atoms with Gasteiger partial charge in [0.05, 0.1) is 12.1 Å². The third kappa shape index (κ3) is 2.01. The third-order valence-corrected chi connectivity index (χ3v) is 3.43. The van der Waals surface area contributed by atoms with Gasteiger partial charge in [0.25, 0.3) is 0 Å². The van der Waals surface area contributed by atoms with E-state index in [4.69, 9.17) is 9.15 Å². The van der Waals surface area contributed by atoms with E-state index < -0.39 is 11.4 Å². The van der Waals surface area contributed by atoms with E-state index in [2.05, 4.69) is 0 Å². The Morgan fingerprint density at radius 1 is 1.29 bits per heavy atom. The fourth-order valence-corrected chi connectivity index (χ4v) is 2.48. The fraction of sp³-hybridized carbons (Fsp3) is 0.250. The van der Waals surface area contributed by atoms with Crippen LogP contribution in [0.25, 0.3) is 22.1 Å². The number of hydrogen-bond donors (Lipinski definition) is 0. The molecule has 2 aromatic heterocycles. The zero-order valence-electron chi connectivity index (χ0n) is 11.9. The first-order chi connectivity index (χ1) is 10.2. The predicted octanol–water partition coefficient (Wildman–Crippen LogP) is 2.94. The number of fused-ring (bicyclic) bond motifs is 3. The highest BCUT2D eigenvalue weighted by Gasteiger charge is 2.20. The number of aryl methyl sites for hydroxylation is 1. The molecule has 2 heterocycles. The first-order valence-corrected chi connectivity index (χ1v) is 6.89. The van der Waals surface area contributed by atoms with Crippen LogP contribution in [-0.2, 0) is 11.3 Å². The molecular weight excluding hydrogens is 270 g/mol. The van der Waals surface area contributed by atoms with Crippen LogP contribution in [0, 0.1) is 0 Å². The SMILES string of the molecule is CCOC(=O)c1cn(CC)c2c(oc3ccccc32)c1=O. The minimum absolute atomic E-state index is 0.00487. The van der Waals surface area contributed by atoms with Crippen molar-refractivity contribution in [3.8, 4) is 0 Å². The van der Waals surface area contributed by atoms with Crippen LogP contribution in [-0.4, -0.2) is 17.1 Å². The number of ether oxygens (including phenoxy) is 1. The van der Waals surface area contributed by atoms with Crippen LogP contribution in [0.3, 0.4) is 0 Å². The van der Waals surface area contributed by atoms with Crippen molar-refractivity contribution in [1.29, 1.82) is 0 Å². The molecule has 0 bridgehead atoms. The number of para-hydroxylation sites is 1. The molecule has 0 aliphatic heterocycles. The second kappa shape index (κ2) is 5.09. The molecule has 5 heteroatoms.